The summed E-state index contributed by atoms with van der Waals surface area (Å²) < 4.78 is 18.8. The van der Waals surface area contributed by atoms with Crippen molar-refractivity contribution in [2.45, 2.75) is 36.4 Å². The normalized spacial score (nSPS) is 26.6. The first kappa shape index (κ1) is 22.5. The first-order chi connectivity index (χ1) is 16.2. The van der Waals surface area contributed by atoms with Crippen molar-refractivity contribution in [1.82, 2.24) is 0 Å². The first-order valence-electron chi connectivity index (χ1n) is 10.7. The molecule has 5 atom stereocenters. The lowest BCUT2D eigenvalue weighted by molar-refractivity contribution is -0.196. The number of aliphatic hydroxyl groups is 2. The number of nitrogens with zero attached hydrogens (tertiary/aromatic N) is 3. The van der Waals surface area contributed by atoms with Crippen LogP contribution in [0.4, 0.5) is 0 Å². The van der Waals surface area contributed by atoms with Gasteiger partial charge in [-0.15, -0.1) is 0 Å². The molecular formula is C25H25N3O5. The second kappa shape index (κ2) is 10.3. The molecule has 1 fully saturated rings. The molecule has 1 saturated carbocycles. The van der Waals surface area contributed by atoms with Crippen molar-refractivity contribution < 1.29 is 24.4 Å². The maximum atomic E-state index is 11.3. The predicted octanol–water partition coefficient (Wildman–Crippen LogP) is 4.14. The summed E-state index contributed by atoms with van der Waals surface area (Å²) in [6.07, 6.45) is -2.84. The molecule has 5 unspecified atom stereocenters. The Morgan fingerprint density at radius 1 is 0.848 bits per heavy atom. The van der Waals surface area contributed by atoms with E-state index < -0.39 is 36.6 Å². The first-order valence-corrected chi connectivity index (χ1v) is 10.7. The molecule has 3 aromatic carbocycles. The Kier molecular flexibility index (Phi) is 7.00. The van der Waals surface area contributed by atoms with Gasteiger partial charge in [0.1, 0.15) is 29.5 Å². The monoisotopic (exact) mass is 447 g/mol. The van der Waals surface area contributed by atoms with Crippen LogP contribution >= 0.6 is 0 Å². The van der Waals surface area contributed by atoms with Crippen LogP contribution in [0.25, 0.3) is 10.4 Å². The van der Waals surface area contributed by atoms with Crippen LogP contribution in [-0.4, -0.2) is 46.8 Å². The molecule has 1 aliphatic rings. The lowest BCUT2D eigenvalue weighted by atomic mass is 9.75. The zero-order valence-electron chi connectivity index (χ0n) is 17.8. The van der Waals surface area contributed by atoms with Gasteiger partial charge in [-0.1, -0.05) is 59.7 Å². The molecule has 0 heterocycles. The molecule has 8 nitrogen and oxygen atoms in total. The summed E-state index contributed by atoms with van der Waals surface area (Å²) in [5, 5.41) is 25.7. The maximum absolute atomic E-state index is 11.3. The zero-order valence-corrected chi connectivity index (χ0v) is 17.8. The fourth-order valence-corrected chi connectivity index (χ4v) is 4.12. The van der Waals surface area contributed by atoms with E-state index in [1.54, 1.807) is 48.5 Å². The van der Waals surface area contributed by atoms with E-state index in [-0.39, 0.29) is 6.42 Å². The van der Waals surface area contributed by atoms with Crippen molar-refractivity contribution in [3.63, 3.8) is 0 Å². The van der Waals surface area contributed by atoms with E-state index in [0.29, 0.717) is 17.2 Å². The number of hydrogen-bond acceptors (Lipinski definition) is 6. The van der Waals surface area contributed by atoms with Crippen molar-refractivity contribution in [2.75, 3.05) is 6.61 Å². The van der Waals surface area contributed by atoms with Crippen molar-refractivity contribution in [1.29, 1.82) is 0 Å². The van der Waals surface area contributed by atoms with Gasteiger partial charge in [-0.2, -0.15) is 0 Å². The highest BCUT2D eigenvalue weighted by Gasteiger charge is 2.60. The molecule has 0 aromatic heterocycles. The molecule has 170 valence electrons. The Labute approximate surface area is 191 Å². The largest absolute Gasteiger partial charge is 0.486 e. The van der Waals surface area contributed by atoms with Gasteiger partial charge < -0.3 is 24.4 Å². The highest BCUT2D eigenvalue weighted by atomic mass is 16.6. The third-order valence-corrected chi connectivity index (χ3v) is 5.69. The van der Waals surface area contributed by atoms with Crippen LogP contribution in [0.2, 0.25) is 0 Å². The van der Waals surface area contributed by atoms with Crippen LogP contribution in [0, 0.1) is 0 Å². The molecule has 2 N–H and O–H groups in total. The molecular weight excluding hydrogens is 422 g/mol. The van der Waals surface area contributed by atoms with Crippen LogP contribution in [0.1, 0.15) is 6.42 Å². The average molecular weight is 447 g/mol. The number of para-hydroxylation sites is 3. The lowest BCUT2D eigenvalue weighted by Crippen LogP contribution is -2.72. The van der Waals surface area contributed by atoms with Crippen LogP contribution < -0.4 is 14.2 Å². The molecule has 0 aliphatic heterocycles. The molecule has 3 aromatic rings. The average Bonchev–Trinajstić information content (AvgIpc) is 2.86. The van der Waals surface area contributed by atoms with Crippen LogP contribution in [0.15, 0.2) is 96.1 Å². The fraction of sp³-hybridized carbons (Fsp3) is 0.280. The molecule has 0 bridgehead atoms. The van der Waals surface area contributed by atoms with Gasteiger partial charge in [0.25, 0.3) is 0 Å². The molecule has 1 aliphatic carbocycles. The van der Waals surface area contributed by atoms with Gasteiger partial charge in [0.2, 0.25) is 0 Å². The standard InChI is InChI=1S/C25H25N3O5/c26-28-27-21-16-22(31-18-10-4-1-5-11-18)24(32-19-12-6-2-7-13-19)25(17-29,23(21)30)33-20-14-8-3-9-15-20/h1-15,21-24,29-30H,16-17H2. The zero-order chi connectivity index (χ0) is 23.1. The molecule has 0 radical (unpaired) electrons. The third-order valence-electron chi connectivity index (χ3n) is 5.69. The van der Waals surface area contributed by atoms with E-state index in [2.05, 4.69) is 10.0 Å². The van der Waals surface area contributed by atoms with Crippen LogP contribution in [0.3, 0.4) is 0 Å². The van der Waals surface area contributed by atoms with Gasteiger partial charge >= 0.3 is 0 Å². The SMILES string of the molecule is [N-]=[N+]=NC1CC(Oc2ccccc2)C(Oc2ccccc2)C(CO)(Oc2ccccc2)C1O. The van der Waals surface area contributed by atoms with Gasteiger partial charge in [0, 0.05) is 4.91 Å². The van der Waals surface area contributed by atoms with Crippen molar-refractivity contribution in [3.05, 3.63) is 101 Å². The Morgan fingerprint density at radius 3 is 1.88 bits per heavy atom. The molecule has 33 heavy (non-hydrogen) atoms. The Hall–Kier alpha value is -3.71. The third kappa shape index (κ3) is 4.88. The number of benzene rings is 3. The molecule has 0 saturated heterocycles. The minimum absolute atomic E-state index is 0.164. The Morgan fingerprint density at radius 2 is 1.36 bits per heavy atom. The van der Waals surface area contributed by atoms with E-state index in [0.717, 1.165) is 0 Å². The van der Waals surface area contributed by atoms with E-state index in [9.17, 15) is 10.2 Å². The van der Waals surface area contributed by atoms with Crippen molar-refractivity contribution >= 4 is 0 Å². The van der Waals surface area contributed by atoms with Gasteiger partial charge in [-0.05, 0) is 48.4 Å². The summed E-state index contributed by atoms with van der Waals surface area (Å²) in [6, 6.07) is 26.1. The predicted molar refractivity (Wildman–Crippen MR) is 122 cm³/mol. The summed E-state index contributed by atoms with van der Waals surface area (Å²) >= 11 is 0. The Balaban J connectivity index is 1.80. The van der Waals surface area contributed by atoms with Gasteiger partial charge in [-0.25, -0.2) is 0 Å². The summed E-state index contributed by atoms with van der Waals surface area (Å²) in [5.74, 6) is 1.52. The number of hydrogen-bond donors (Lipinski definition) is 2. The van der Waals surface area contributed by atoms with Gasteiger partial charge in [0.15, 0.2) is 11.7 Å². The second-order valence-electron chi connectivity index (χ2n) is 7.80. The molecule has 4 rings (SSSR count). The summed E-state index contributed by atoms with van der Waals surface area (Å²) in [4.78, 5) is 2.90. The van der Waals surface area contributed by atoms with E-state index in [1.165, 1.54) is 0 Å². The Bertz CT molecular complexity index is 1060. The number of azide groups is 1. The number of ether oxygens (including phenoxy) is 3. The van der Waals surface area contributed by atoms with Gasteiger partial charge in [0.05, 0.1) is 12.6 Å². The fourth-order valence-electron chi connectivity index (χ4n) is 4.12. The summed E-state index contributed by atoms with van der Waals surface area (Å²) in [7, 11) is 0. The maximum Gasteiger partial charge on any atom is 0.198 e. The number of rotatable bonds is 8. The highest BCUT2D eigenvalue weighted by molar-refractivity contribution is 5.28. The summed E-state index contributed by atoms with van der Waals surface area (Å²) in [5.41, 5.74) is 7.45. The highest BCUT2D eigenvalue weighted by Crippen LogP contribution is 2.39. The van der Waals surface area contributed by atoms with Gasteiger partial charge in [-0.3, -0.25) is 0 Å². The van der Waals surface area contributed by atoms with Crippen molar-refractivity contribution in [3.8, 4) is 17.2 Å². The molecule has 8 heteroatoms. The van der Waals surface area contributed by atoms with E-state index in [4.69, 9.17) is 19.7 Å². The quantitative estimate of drug-likeness (QED) is 0.306. The minimum atomic E-state index is -1.67. The summed E-state index contributed by atoms with van der Waals surface area (Å²) in [6.45, 7) is -0.605. The van der Waals surface area contributed by atoms with Crippen LogP contribution in [0.5, 0.6) is 17.2 Å². The number of aliphatic hydroxyl groups excluding tert-OH is 2. The topological polar surface area (TPSA) is 117 Å². The molecule has 0 spiro atoms. The lowest BCUT2D eigenvalue weighted by Gasteiger charge is -2.50. The van der Waals surface area contributed by atoms with E-state index >= 15 is 0 Å². The minimum Gasteiger partial charge on any atom is -0.486 e. The smallest absolute Gasteiger partial charge is 0.198 e. The molecule has 0 amide bonds. The van der Waals surface area contributed by atoms with Crippen molar-refractivity contribution in [2.24, 2.45) is 5.11 Å². The van der Waals surface area contributed by atoms with E-state index in [1.807, 2.05) is 42.5 Å². The van der Waals surface area contributed by atoms with Crippen LogP contribution in [-0.2, 0) is 0 Å². The second-order valence-corrected chi connectivity index (χ2v) is 7.80.